The first-order valence-corrected chi connectivity index (χ1v) is 6.49. The van der Waals surface area contributed by atoms with Crippen molar-refractivity contribution in [2.45, 2.75) is 20.4 Å². The molecule has 0 saturated carbocycles. The van der Waals surface area contributed by atoms with Crippen LogP contribution in [0.15, 0.2) is 30.3 Å². The molecule has 2 aromatic carbocycles. The zero-order chi connectivity index (χ0) is 15.6. The van der Waals surface area contributed by atoms with Gasteiger partial charge in [0.1, 0.15) is 11.6 Å². The Morgan fingerprint density at radius 1 is 1.10 bits per heavy atom. The molecule has 110 valence electrons. The number of nitrogens with two attached hydrogens (primary N) is 1. The van der Waals surface area contributed by atoms with Crippen molar-refractivity contribution in [1.29, 1.82) is 0 Å². The molecule has 0 saturated heterocycles. The number of hydrogen-bond donors (Lipinski definition) is 2. The molecule has 0 aromatic heterocycles. The number of anilines is 1. The van der Waals surface area contributed by atoms with Gasteiger partial charge in [0.05, 0.1) is 5.56 Å². The normalized spacial score (nSPS) is 10.5. The third-order valence-corrected chi connectivity index (χ3v) is 3.28. The van der Waals surface area contributed by atoms with Crippen molar-refractivity contribution in [2.24, 2.45) is 5.73 Å². The van der Waals surface area contributed by atoms with Crippen LogP contribution in [0.3, 0.4) is 0 Å². The molecular weight excluding hydrogens is 274 g/mol. The summed E-state index contributed by atoms with van der Waals surface area (Å²) in [6.45, 7) is 3.64. The lowest BCUT2D eigenvalue weighted by molar-refractivity contribution is 0.102. The predicted octanol–water partition coefficient (Wildman–Crippen LogP) is 3.29. The smallest absolute Gasteiger partial charge is 0.258 e. The average Bonchev–Trinajstić information content (AvgIpc) is 2.45. The first kappa shape index (κ1) is 15.1. The van der Waals surface area contributed by atoms with Crippen LogP contribution in [-0.2, 0) is 6.54 Å². The lowest BCUT2D eigenvalue weighted by atomic mass is 10.1. The van der Waals surface area contributed by atoms with Crippen LogP contribution in [-0.4, -0.2) is 5.91 Å². The van der Waals surface area contributed by atoms with Gasteiger partial charge in [0.2, 0.25) is 0 Å². The monoisotopic (exact) mass is 290 g/mol. The number of hydrogen-bond acceptors (Lipinski definition) is 2. The van der Waals surface area contributed by atoms with Gasteiger partial charge in [-0.25, -0.2) is 8.78 Å². The fourth-order valence-electron chi connectivity index (χ4n) is 1.95. The third kappa shape index (κ3) is 3.25. The Kier molecular flexibility index (Phi) is 4.33. The van der Waals surface area contributed by atoms with Crippen LogP contribution in [0.4, 0.5) is 14.5 Å². The van der Waals surface area contributed by atoms with Crippen LogP contribution >= 0.6 is 0 Å². The van der Waals surface area contributed by atoms with Gasteiger partial charge in [0, 0.05) is 18.3 Å². The summed E-state index contributed by atoms with van der Waals surface area (Å²) in [5.74, 6) is -2.18. The fraction of sp³-hybridized carbons (Fsp3) is 0.188. The summed E-state index contributed by atoms with van der Waals surface area (Å²) in [5, 5.41) is 2.63. The molecule has 0 aliphatic heterocycles. The van der Waals surface area contributed by atoms with Crippen molar-refractivity contribution in [3.05, 3.63) is 64.2 Å². The van der Waals surface area contributed by atoms with Crippen LogP contribution in [0.2, 0.25) is 0 Å². The Hall–Kier alpha value is -2.27. The molecule has 0 unspecified atom stereocenters. The Balaban J connectivity index is 2.32. The first-order valence-electron chi connectivity index (χ1n) is 6.49. The maximum atomic E-state index is 13.7. The van der Waals surface area contributed by atoms with Crippen molar-refractivity contribution in [2.75, 3.05) is 5.32 Å². The van der Waals surface area contributed by atoms with E-state index in [0.29, 0.717) is 18.3 Å². The highest BCUT2D eigenvalue weighted by atomic mass is 19.1. The Labute approximate surface area is 121 Å². The van der Waals surface area contributed by atoms with Crippen molar-refractivity contribution in [1.82, 2.24) is 0 Å². The molecule has 3 N–H and O–H groups in total. The molecule has 0 bridgehead atoms. The van der Waals surface area contributed by atoms with Crippen molar-refractivity contribution >= 4 is 11.6 Å². The van der Waals surface area contributed by atoms with E-state index >= 15 is 0 Å². The highest BCUT2D eigenvalue weighted by Gasteiger charge is 2.15. The molecule has 0 aliphatic rings. The van der Waals surface area contributed by atoms with Gasteiger partial charge < -0.3 is 11.1 Å². The van der Waals surface area contributed by atoms with Gasteiger partial charge in [0.25, 0.3) is 5.91 Å². The molecule has 21 heavy (non-hydrogen) atoms. The summed E-state index contributed by atoms with van der Waals surface area (Å²) in [4.78, 5) is 12.1. The second kappa shape index (κ2) is 6.01. The van der Waals surface area contributed by atoms with E-state index in [0.717, 1.165) is 11.1 Å². The highest BCUT2D eigenvalue weighted by molar-refractivity contribution is 6.05. The first-order chi connectivity index (χ1) is 9.92. The molecular formula is C16H16F2N2O. The van der Waals surface area contributed by atoms with Gasteiger partial charge in [-0.05, 0) is 42.7 Å². The molecule has 0 spiro atoms. The van der Waals surface area contributed by atoms with Crippen LogP contribution in [0, 0.1) is 25.5 Å². The van der Waals surface area contributed by atoms with E-state index in [-0.39, 0.29) is 11.1 Å². The summed E-state index contributed by atoms with van der Waals surface area (Å²) < 4.78 is 26.9. The largest absolute Gasteiger partial charge is 0.326 e. The van der Waals surface area contributed by atoms with E-state index < -0.39 is 17.5 Å². The topological polar surface area (TPSA) is 55.1 Å². The second-order valence-electron chi connectivity index (χ2n) is 4.89. The van der Waals surface area contributed by atoms with E-state index in [2.05, 4.69) is 5.32 Å². The Morgan fingerprint density at radius 2 is 1.81 bits per heavy atom. The highest BCUT2D eigenvalue weighted by Crippen LogP contribution is 2.20. The van der Waals surface area contributed by atoms with Crippen LogP contribution < -0.4 is 11.1 Å². The summed E-state index contributed by atoms with van der Waals surface area (Å²) in [6.07, 6.45) is 0. The standard InChI is InChI=1S/C16H16F2N2O/c1-9-3-4-11(8-19)6-15(9)20-16(21)12-5-10(2)13(17)7-14(12)18/h3-7H,8,19H2,1-2H3,(H,20,21). The Bertz CT molecular complexity index is 699. The number of nitrogens with one attached hydrogen (secondary N) is 1. The molecule has 3 nitrogen and oxygen atoms in total. The number of carbonyl (C=O) groups is 1. The zero-order valence-electron chi connectivity index (χ0n) is 11.8. The number of rotatable bonds is 3. The molecule has 0 fully saturated rings. The quantitative estimate of drug-likeness (QED) is 0.911. The lowest BCUT2D eigenvalue weighted by Gasteiger charge is -2.11. The van der Waals surface area contributed by atoms with Gasteiger partial charge in [-0.3, -0.25) is 4.79 Å². The average molecular weight is 290 g/mol. The minimum atomic E-state index is -0.886. The molecule has 1 amide bonds. The number of amides is 1. The van der Waals surface area contributed by atoms with Crippen LogP contribution in [0.1, 0.15) is 27.0 Å². The second-order valence-corrected chi connectivity index (χ2v) is 4.89. The fourth-order valence-corrected chi connectivity index (χ4v) is 1.95. The van der Waals surface area contributed by atoms with E-state index in [9.17, 15) is 13.6 Å². The van der Waals surface area contributed by atoms with E-state index in [1.54, 1.807) is 6.07 Å². The minimum Gasteiger partial charge on any atom is -0.326 e. The molecule has 0 aliphatic carbocycles. The molecule has 0 atom stereocenters. The molecule has 2 rings (SSSR count). The maximum Gasteiger partial charge on any atom is 0.258 e. The number of aryl methyl sites for hydroxylation is 2. The summed E-state index contributed by atoms with van der Waals surface area (Å²) in [5.41, 5.74) is 7.83. The van der Waals surface area contributed by atoms with Crippen molar-refractivity contribution in [3.8, 4) is 0 Å². The lowest BCUT2D eigenvalue weighted by Crippen LogP contribution is -2.15. The maximum absolute atomic E-state index is 13.7. The van der Waals surface area contributed by atoms with Gasteiger partial charge in [0.15, 0.2) is 0 Å². The van der Waals surface area contributed by atoms with E-state index in [1.807, 2.05) is 19.1 Å². The predicted molar refractivity (Wildman–Crippen MR) is 78.1 cm³/mol. The third-order valence-electron chi connectivity index (χ3n) is 3.28. The minimum absolute atomic E-state index is 0.188. The van der Waals surface area contributed by atoms with Gasteiger partial charge >= 0.3 is 0 Å². The SMILES string of the molecule is Cc1cc(C(=O)Nc2cc(CN)ccc2C)c(F)cc1F. The summed E-state index contributed by atoms with van der Waals surface area (Å²) in [7, 11) is 0. The molecule has 0 heterocycles. The molecule has 2 aromatic rings. The number of carbonyl (C=O) groups excluding carboxylic acids is 1. The molecule has 0 radical (unpaired) electrons. The summed E-state index contributed by atoms with van der Waals surface area (Å²) in [6, 6.07) is 7.33. The summed E-state index contributed by atoms with van der Waals surface area (Å²) >= 11 is 0. The van der Waals surface area contributed by atoms with Crippen LogP contribution in [0.5, 0.6) is 0 Å². The number of benzene rings is 2. The number of halogens is 2. The zero-order valence-corrected chi connectivity index (χ0v) is 11.8. The van der Waals surface area contributed by atoms with Crippen molar-refractivity contribution < 1.29 is 13.6 Å². The van der Waals surface area contributed by atoms with E-state index in [1.165, 1.54) is 13.0 Å². The van der Waals surface area contributed by atoms with Gasteiger partial charge in [-0.15, -0.1) is 0 Å². The van der Waals surface area contributed by atoms with Crippen LogP contribution in [0.25, 0.3) is 0 Å². The molecule has 5 heteroatoms. The van der Waals surface area contributed by atoms with E-state index in [4.69, 9.17) is 5.73 Å². The van der Waals surface area contributed by atoms with Gasteiger partial charge in [-0.2, -0.15) is 0 Å². The Morgan fingerprint density at radius 3 is 2.48 bits per heavy atom. The van der Waals surface area contributed by atoms with Gasteiger partial charge in [-0.1, -0.05) is 12.1 Å². The van der Waals surface area contributed by atoms with Crippen molar-refractivity contribution in [3.63, 3.8) is 0 Å².